The third-order valence-corrected chi connectivity index (χ3v) is 5.54. The molecule has 7 nitrogen and oxygen atoms in total. The molecule has 4 rings (SSSR count). The molecule has 1 heterocycles. The fourth-order valence-electron chi connectivity index (χ4n) is 3.78. The van der Waals surface area contributed by atoms with Crippen molar-refractivity contribution in [1.82, 2.24) is 4.90 Å². The van der Waals surface area contributed by atoms with Gasteiger partial charge in [0.05, 0.1) is 32.1 Å². The fraction of sp³-hybridized carbons (Fsp3) is 0.259. The number of carbonyl (C=O) groups is 2. The van der Waals surface area contributed by atoms with Crippen LogP contribution in [0.1, 0.15) is 17.3 Å². The number of rotatable bonds is 8. The minimum absolute atomic E-state index is 0.156. The van der Waals surface area contributed by atoms with E-state index in [0.29, 0.717) is 42.5 Å². The lowest BCUT2D eigenvalue weighted by molar-refractivity contribution is -0.118. The second kappa shape index (κ2) is 11.4. The van der Waals surface area contributed by atoms with Crippen LogP contribution in [0, 0.1) is 0 Å². The summed E-state index contributed by atoms with van der Waals surface area (Å²) < 4.78 is 11.0. The minimum atomic E-state index is -0.265. The molecule has 2 N–H and O–H groups in total. The largest absolute Gasteiger partial charge is 0.492 e. The van der Waals surface area contributed by atoms with Crippen LogP contribution < -0.4 is 15.4 Å². The molecule has 0 spiro atoms. The number of hydrogen-bond acceptors (Lipinski definition) is 5. The number of nitrogens with one attached hydrogen (secondary N) is 2. The van der Waals surface area contributed by atoms with E-state index in [0.717, 1.165) is 24.2 Å². The second-order valence-corrected chi connectivity index (χ2v) is 7.98. The molecule has 3 aromatic carbocycles. The summed E-state index contributed by atoms with van der Waals surface area (Å²) in [5.41, 5.74) is 3.79. The molecular weight excluding hydrogens is 430 g/mol. The first-order valence-electron chi connectivity index (χ1n) is 11.5. The number of carbonyl (C=O) groups excluding carboxylic acids is 2. The van der Waals surface area contributed by atoms with Gasteiger partial charge >= 0.3 is 0 Å². The molecule has 3 aromatic rings. The van der Waals surface area contributed by atoms with Gasteiger partial charge in [-0.15, -0.1) is 0 Å². The Kier molecular flexibility index (Phi) is 7.91. The number of ether oxygens (including phenoxy) is 2. The second-order valence-electron chi connectivity index (χ2n) is 7.98. The van der Waals surface area contributed by atoms with Gasteiger partial charge in [0.15, 0.2) is 0 Å². The monoisotopic (exact) mass is 459 g/mol. The van der Waals surface area contributed by atoms with E-state index in [9.17, 15) is 9.59 Å². The lowest BCUT2D eigenvalue weighted by Gasteiger charge is -2.26. The Balaban J connectivity index is 1.44. The van der Waals surface area contributed by atoms with Gasteiger partial charge in [-0.3, -0.25) is 14.5 Å². The van der Waals surface area contributed by atoms with E-state index in [-0.39, 0.29) is 18.4 Å². The van der Waals surface area contributed by atoms with Crippen molar-refractivity contribution >= 4 is 23.2 Å². The van der Waals surface area contributed by atoms with Crippen LogP contribution in [-0.4, -0.2) is 56.2 Å². The summed E-state index contributed by atoms with van der Waals surface area (Å²) in [6, 6.07) is 22.8. The maximum atomic E-state index is 12.9. The van der Waals surface area contributed by atoms with E-state index in [4.69, 9.17) is 9.47 Å². The Morgan fingerprint density at radius 2 is 1.62 bits per heavy atom. The molecule has 0 radical (unpaired) electrons. The van der Waals surface area contributed by atoms with Crippen molar-refractivity contribution in [3.63, 3.8) is 0 Å². The van der Waals surface area contributed by atoms with Gasteiger partial charge in [-0.25, -0.2) is 0 Å². The summed E-state index contributed by atoms with van der Waals surface area (Å²) >= 11 is 0. The molecule has 0 atom stereocenters. The quantitative estimate of drug-likeness (QED) is 0.526. The molecule has 34 heavy (non-hydrogen) atoms. The third kappa shape index (κ3) is 6.21. The molecule has 1 aliphatic rings. The molecular formula is C27H29N3O4. The zero-order chi connectivity index (χ0) is 23.8. The lowest BCUT2D eigenvalue weighted by Crippen LogP contribution is -2.41. The van der Waals surface area contributed by atoms with Crippen molar-refractivity contribution in [2.45, 2.75) is 6.92 Å². The summed E-state index contributed by atoms with van der Waals surface area (Å²) in [7, 11) is 0. The first-order valence-corrected chi connectivity index (χ1v) is 11.5. The smallest absolute Gasteiger partial charge is 0.255 e. The van der Waals surface area contributed by atoms with Gasteiger partial charge in [-0.2, -0.15) is 0 Å². The van der Waals surface area contributed by atoms with E-state index in [1.54, 1.807) is 18.2 Å². The maximum absolute atomic E-state index is 12.9. The zero-order valence-corrected chi connectivity index (χ0v) is 19.3. The molecule has 1 aliphatic heterocycles. The Labute approximate surface area is 199 Å². The van der Waals surface area contributed by atoms with E-state index >= 15 is 0 Å². The van der Waals surface area contributed by atoms with E-state index in [1.165, 1.54) is 0 Å². The molecule has 0 aliphatic carbocycles. The normalized spacial score (nSPS) is 13.8. The van der Waals surface area contributed by atoms with E-state index in [2.05, 4.69) is 10.6 Å². The van der Waals surface area contributed by atoms with Crippen LogP contribution >= 0.6 is 0 Å². The fourth-order valence-corrected chi connectivity index (χ4v) is 3.78. The van der Waals surface area contributed by atoms with Crippen LogP contribution in [0.15, 0.2) is 72.8 Å². The number of nitrogens with zero attached hydrogens (tertiary/aromatic N) is 1. The van der Waals surface area contributed by atoms with Gasteiger partial charge in [0.2, 0.25) is 5.91 Å². The van der Waals surface area contributed by atoms with Gasteiger partial charge < -0.3 is 20.1 Å². The maximum Gasteiger partial charge on any atom is 0.255 e. The predicted octanol–water partition coefficient (Wildman–Crippen LogP) is 4.28. The highest BCUT2D eigenvalue weighted by atomic mass is 16.5. The molecule has 0 unspecified atom stereocenters. The molecule has 176 valence electrons. The summed E-state index contributed by atoms with van der Waals surface area (Å²) in [6.07, 6.45) is 0. The number of amides is 2. The standard InChI is InChI=1S/C27H29N3O4/c1-2-34-25-13-10-22(18-24(25)29-26(31)19-30-14-16-33-17-15-30)27(32)28-23-11-8-21(9-12-23)20-6-4-3-5-7-20/h3-13,18H,2,14-17,19H2,1H3,(H,28,32)(H,29,31). The first-order chi connectivity index (χ1) is 16.6. The molecule has 0 aromatic heterocycles. The first kappa shape index (κ1) is 23.5. The molecule has 0 saturated carbocycles. The molecule has 1 fully saturated rings. The van der Waals surface area contributed by atoms with Gasteiger partial charge in [0.1, 0.15) is 5.75 Å². The zero-order valence-electron chi connectivity index (χ0n) is 19.3. The number of anilines is 2. The van der Waals surface area contributed by atoms with Gasteiger partial charge in [-0.05, 0) is 48.4 Å². The van der Waals surface area contributed by atoms with Crippen molar-refractivity contribution < 1.29 is 19.1 Å². The summed E-state index contributed by atoms with van der Waals surface area (Å²) in [6.45, 7) is 5.28. The Hall–Kier alpha value is -3.68. The molecule has 7 heteroatoms. The summed E-state index contributed by atoms with van der Waals surface area (Å²) in [4.78, 5) is 27.6. The van der Waals surface area contributed by atoms with Crippen LogP contribution in [-0.2, 0) is 9.53 Å². The van der Waals surface area contributed by atoms with Crippen LogP contribution in [0.2, 0.25) is 0 Å². The predicted molar refractivity (Wildman–Crippen MR) is 133 cm³/mol. The van der Waals surface area contributed by atoms with Crippen molar-refractivity contribution in [3.8, 4) is 16.9 Å². The highest BCUT2D eigenvalue weighted by molar-refractivity contribution is 6.06. The highest BCUT2D eigenvalue weighted by Crippen LogP contribution is 2.27. The Bertz CT molecular complexity index is 1110. The topological polar surface area (TPSA) is 79.9 Å². The van der Waals surface area contributed by atoms with Gasteiger partial charge in [0, 0.05) is 24.3 Å². The summed E-state index contributed by atoms with van der Waals surface area (Å²) in [5.74, 6) is 0.109. The lowest BCUT2D eigenvalue weighted by atomic mass is 10.1. The Morgan fingerprint density at radius 3 is 2.32 bits per heavy atom. The van der Waals surface area contributed by atoms with E-state index < -0.39 is 0 Å². The SMILES string of the molecule is CCOc1ccc(C(=O)Nc2ccc(-c3ccccc3)cc2)cc1NC(=O)CN1CCOCC1. The average Bonchev–Trinajstić information content (AvgIpc) is 2.87. The van der Waals surface area contributed by atoms with Crippen LogP contribution in [0.5, 0.6) is 5.75 Å². The number of hydrogen-bond donors (Lipinski definition) is 2. The van der Waals surface area contributed by atoms with Gasteiger partial charge in [-0.1, -0.05) is 42.5 Å². The highest BCUT2D eigenvalue weighted by Gasteiger charge is 2.17. The van der Waals surface area contributed by atoms with Crippen LogP contribution in [0.25, 0.3) is 11.1 Å². The molecule has 1 saturated heterocycles. The molecule has 2 amide bonds. The van der Waals surface area contributed by atoms with Crippen LogP contribution in [0.3, 0.4) is 0 Å². The van der Waals surface area contributed by atoms with E-state index in [1.807, 2.05) is 66.4 Å². The molecule has 0 bridgehead atoms. The third-order valence-electron chi connectivity index (χ3n) is 5.54. The van der Waals surface area contributed by atoms with Crippen molar-refractivity contribution in [2.75, 3.05) is 50.1 Å². The van der Waals surface area contributed by atoms with Crippen LogP contribution in [0.4, 0.5) is 11.4 Å². The Morgan fingerprint density at radius 1 is 0.912 bits per heavy atom. The van der Waals surface area contributed by atoms with Gasteiger partial charge in [0.25, 0.3) is 5.91 Å². The van der Waals surface area contributed by atoms with Crippen molar-refractivity contribution in [1.29, 1.82) is 0 Å². The number of benzene rings is 3. The summed E-state index contributed by atoms with van der Waals surface area (Å²) in [5, 5.41) is 5.82. The number of morpholine rings is 1. The van der Waals surface area contributed by atoms with Crippen molar-refractivity contribution in [2.24, 2.45) is 0 Å². The minimum Gasteiger partial charge on any atom is -0.492 e. The average molecular weight is 460 g/mol. The van der Waals surface area contributed by atoms with Crippen molar-refractivity contribution in [3.05, 3.63) is 78.4 Å².